The number of aromatic nitrogens is 2. The monoisotopic (exact) mass is 884 g/mol. The van der Waals surface area contributed by atoms with Gasteiger partial charge in [-0.2, -0.15) is 0 Å². The summed E-state index contributed by atoms with van der Waals surface area (Å²) in [4.78, 5) is 21.1. The molecule has 7 rings (SSSR count). The van der Waals surface area contributed by atoms with Gasteiger partial charge in [-0.05, 0) is 66.7 Å². The minimum absolute atomic E-state index is 0. The normalized spacial score (nSPS) is 12.4. The van der Waals surface area contributed by atoms with E-state index in [1.807, 2.05) is 27.7 Å². The first-order chi connectivity index (χ1) is 25.3. The van der Waals surface area contributed by atoms with Crippen molar-refractivity contribution in [2.45, 2.75) is 86.5 Å². The van der Waals surface area contributed by atoms with E-state index in [0.29, 0.717) is 11.6 Å². The number of carbonyl (C=O) groups excluding carboxylic acids is 1. The maximum Gasteiger partial charge on any atom is 0.222 e. The molecule has 2 aromatic heterocycles. The zero-order valence-corrected chi connectivity index (χ0v) is 34.2. The first kappa shape index (κ1) is 39.8. The van der Waals surface area contributed by atoms with E-state index in [9.17, 15) is 9.90 Å². The Labute approximate surface area is 328 Å². The second-order valence-corrected chi connectivity index (χ2v) is 14.4. The van der Waals surface area contributed by atoms with Crippen molar-refractivity contribution in [2.75, 3.05) is 0 Å². The fraction of sp³-hybridized carbons (Fsp3) is 0.340. The molecule has 0 amide bonds. The van der Waals surface area contributed by atoms with Gasteiger partial charge in [0.2, 0.25) is 5.71 Å². The van der Waals surface area contributed by atoms with Gasteiger partial charge in [-0.1, -0.05) is 125 Å². The molecular weight excluding hydrogens is 833 g/mol. The van der Waals surface area contributed by atoms with Crippen LogP contribution in [0.3, 0.4) is 0 Å². The molecule has 0 aliphatic heterocycles. The summed E-state index contributed by atoms with van der Waals surface area (Å²) in [5.41, 5.74) is 10.1. The predicted molar refractivity (Wildman–Crippen MR) is 214 cm³/mol. The van der Waals surface area contributed by atoms with Gasteiger partial charge in [0.25, 0.3) is 0 Å². The number of furan rings is 1. The Kier molecular flexibility index (Phi) is 13.6. The average Bonchev–Trinajstić information content (AvgIpc) is 3.55. The molecule has 0 bridgehead atoms. The first-order valence-corrected chi connectivity index (χ1v) is 19.1. The van der Waals surface area contributed by atoms with Crippen LogP contribution >= 0.6 is 0 Å². The minimum Gasteiger partial charge on any atom is -0.512 e. The number of rotatable bonds is 11. The molecule has 1 aliphatic carbocycles. The standard InChI is InChI=1S/C34H27N2O.C13H24O2.Ir/c1-21(2)17-23-12-8-14-28-27(23)15-16-30-31(28)32-33(35-20-36-34(32)37-30)25-18-24-11-6-7-13-26(24)29(19-25)22-9-4-3-5-10-22;1-5-10(6-2)12(14)9-13(15)11(7-3)8-4;/h3-14,19-21H,15-17H2,1-2H3;9-11,14H,5-8H2,1-4H3;/q-1;;/b;12-9-;. The van der Waals surface area contributed by atoms with Crippen molar-refractivity contribution in [3.8, 4) is 33.5 Å². The van der Waals surface area contributed by atoms with E-state index in [-0.39, 0.29) is 43.5 Å². The van der Waals surface area contributed by atoms with Crippen LogP contribution in [0.4, 0.5) is 0 Å². The summed E-state index contributed by atoms with van der Waals surface area (Å²) in [5.74, 6) is 2.16. The van der Waals surface area contributed by atoms with Crippen molar-refractivity contribution >= 4 is 27.7 Å². The minimum atomic E-state index is 0. The van der Waals surface area contributed by atoms with Crippen molar-refractivity contribution in [3.63, 3.8) is 0 Å². The Balaban J connectivity index is 0.000000290. The summed E-state index contributed by atoms with van der Waals surface area (Å²) in [6, 6.07) is 31.6. The SMILES string of the molecule is CC(C)Cc1cccc2c1CCc1oc3ncnc(-c4[c-]c5ccccc5c(-c5ccccc5)c4)c3c1-2.CCC(CC)C(=O)/C=C(\O)C(CC)CC.[Ir]. The number of aliphatic hydroxyl groups excluding tert-OH is 1. The van der Waals surface area contributed by atoms with Crippen LogP contribution in [0.5, 0.6) is 0 Å². The van der Waals surface area contributed by atoms with Gasteiger partial charge >= 0.3 is 0 Å². The second-order valence-electron chi connectivity index (χ2n) is 14.4. The molecule has 6 aromatic rings. The number of ketones is 1. The number of aliphatic hydroxyl groups is 1. The summed E-state index contributed by atoms with van der Waals surface area (Å²) >= 11 is 0. The molecule has 2 heterocycles. The van der Waals surface area contributed by atoms with E-state index in [1.165, 1.54) is 39.3 Å². The van der Waals surface area contributed by atoms with E-state index in [2.05, 4.69) is 104 Å². The van der Waals surface area contributed by atoms with Crippen LogP contribution in [0.2, 0.25) is 0 Å². The van der Waals surface area contributed by atoms with Gasteiger partial charge in [-0.25, -0.2) is 4.98 Å². The summed E-state index contributed by atoms with van der Waals surface area (Å²) < 4.78 is 6.37. The van der Waals surface area contributed by atoms with Crippen molar-refractivity contribution in [3.05, 3.63) is 120 Å². The molecular formula is C47H51IrN2O3-. The summed E-state index contributed by atoms with van der Waals surface area (Å²) in [5, 5.41) is 13.0. The van der Waals surface area contributed by atoms with Crippen LogP contribution in [-0.4, -0.2) is 20.9 Å². The summed E-state index contributed by atoms with van der Waals surface area (Å²) in [7, 11) is 0. The Morgan fingerprint density at radius 3 is 2.25 bits per heavy atom. The Morgan fingerprint density at radius 1 is 0.849 bits per heavy atom. The molecule has 1 aliphatic rings. The molecule has 277 valence electrons. The van der Waals surface area contributed by atoms with Gasteiger partial charge in [0.15, 0.2) is 5.78 Å². The number of nitrogens with zero attached hydrogens (tertiary/aromatic N) is 2. The van der Waals surface area contributed by atoms with Crippen LogP contribution < -0.4 is 0 Å². The van der Waals surface area contributed by atoms with Crippen molar-refractivity contribution in [2.24, 2.45) is 17.8 Å². The van der Waals surface area contributed by atoms with Crippen molar-refractivity contribution in [1.29, 1.82) is 0 Å². The predicted octanol–water partition coefficient (Wildman–Crippen LogP) is 12.3. The number of hydrogen-bond acceptors (Lipinski definition) is 5. The van der Waals surface area contributed by atoms with E-state index in [0.717, 1.165) is 78.3 Å². The molecule has 53 heavy (non-hydrogen) atoms. The van der Waals surface area contributed by atoms with Gasteiger partial charge in [0, 0.05) is 61.1 Å². The third kappa shape index (κ3) is 8.56. The van der Waals surface area contributed by atoms with Crippen LogP contribution in [-0.2, 0) is 44.2 Å². The molecule has 5 nitrogen and oxygen atoms in total. The smallest absolute Gasteiger partial charge is 0.222 e. The summed E-state index contributed by atoms with van der Waals surface area (Å²) in [6.45, 7) is 12.6. The fourth-order valence-electron chi connectivity index (χ4n) is 7.67. The van der Waals surface area contributed by atoms with Gasteiger partial charge in [-0.3, -0.25) is 9.78 Å². The average molecular weight is 884 g/mol. The molecule has 0 fully saturated rings. The van der Waals surface area contributed by atoms with Gasteiger partial charge in [-0.15, -0.1) is 23.6 Å². The molecule has 0 saturated carbocycles. The number of aryl methyl sites for hydroxylation is 1. The molecule has 1 radical (unpaired) electrons. The van der Waals surface area contributed by atoms with Crippen LogP contribution in [0.25, 0.3) is 55.4 Å². The largest absolute Gasteiger partial charge is 0.512 e. The van der Waals surface area contributed by atoms with Crippen LogP contribution in [0, 0.1) is 23.8 Å². The third-order valence-corrected chi connectivity index (χ3v) is 10.5. The maximum atomic E-state index is 11.7. The Hall–Kier alpha value is -4.38. The van der Waals surface area contributed by atoms with Crippen molar-refractivity contribution in [1.82, 2.24) is 9.97 Å². The zero-order chi connectivity index (χ0) is 36.8. The molecule has 1 N–H and O–H groups in total. The number of fused-ring (bicyclic) bond motifs is 6. The van der Waals surface area contributed by atoms with E-state index >= 15 is 0 Å². The molecule has 4 aromatic carbocycles. The fourth-order valence-corrected chi connectivity index (χ4v) is 7.67. The first-order valence-electron chi connectivity index (χ1n) is 19.1. The Morgan fingerprint density at radius 2 is 1.55 bits per heavy atom. The van der Waals surface area contributed by atoms with Gasteiger partial charge in [0.05, 0.1) is 5.76 Å². The topological polar surface area (TPSA) is 76.2 Å². The van der Waals surface area contributed by atoms with E-state index < -0.39 is 0 Å². The zero-order valence-electron chi connectivity index (χ0n) is 31.8. The quantitative estimate of drug-likeness (QED) is 0.0797. The van der Waals surface area contributed by atoms with Crippen molar-refractivity contribution < 1.29 is 34.4 Å². The maximum absolute atomic E-state index is 11.7. The number of benzene rings is 4. The van der Waals surface area contributed by atoms with Crippen LogP contribution in [0.1, 0.15) is 84.1 Å². The molecule has 0 spiro atoms. The number of allylic oxidation sites excluding steroid dienone is 2. The van der Waals surface area contributed by atoms with Gasteiger partial charge in [0.1, 0.15) is 12.1 Å². The number of hydrogen-bond donors (Lipinski definition) is 1. The van der Waals surface area contributed by atoms with E-state index in [1.54, 1.807) is 6.33 Å². The van der Waals surface area contributed by atoms with E-state index in [4.69, 9.17) is 9.40 Å². The number of carbonyl (C=O) groups is 1. The molecule has 0 saturated heterocycles. The molecule has 0 atom stereocenters. The molecule has 0 unspecified atom stereocenters. The van der Waals surface area contributed by atoms with Gasteiger partial charge < -0.3 is 9.52 Å². The Bertz CT molecular complexity index is 2190. The summed E-state index contributed by atoms with van der Waals surface area (Å²) in [6.07, 6.45) is 9.48. The second kappa shape index (κ2) is 18.1. The third-order valence-electron chi connectivity index (χ3n) is 10.5. The van der Waals surface area contributed by atoms with Crippen LogP contribution in [0.15, 0.2) is 101 Å². The molecule has 6 heteroatoms.